The second kappa shape index (κ2) is 3.47. The summed E-state index contributed by atoms with van der Waals surface area (Å²) in [6.07, 6.45) is -6.48. The lowest BCUT2D eigenvalue weighted by Gasteiger charge is -2.14. The number of carboxylic acid groups (broad SMARTS) is 1. The van der Waals surface area contributed by atoms with E-state index in [1.807, 2.05) is 0 Å². The fraction of sp³-hybridized carbons (Fsp3) is 0.750. The molecule has 5 N–H and O–H groups in total. The number of rotatable bonds is 3. The normalized spacial score (nSPS) is 16.9. The minimum absolute atomic E-state index is 1.71. The van der Waals surface area contributed by atoms with Gasteiger partial charge in [-0.15, -0.1) is 0 Å². The van der Waals surface area contributed by atoms with Crippen molar-refractivity contribution < 1.29 is 30.3 Å². The highest BCUT2D eigenvalue weighted by Crippen LogP contribution is 1.96. The zero-order valence-electron chi connectivity index (χ0n) is 4.88. The van der Waals surface area contributed by atoms with Crippen molar-refractivity contribution in [3.8, 4) is 0 Å². The largest absolute Gasteiger partial charge is 0.479 e. The Balaban J connectivity index is 3.94. The molecule has 10 heavy (non-hydrogen) atoms. The molecular weight excluding hydrogens is 144 g/mol. The minimum atomic E-state index is -2.24. The van der Waals surface area contributed by atoms with Gasteiger partial charge < -0.3 is 25.5 Å². The monoisotopic (exact) mass is 152 g/mol. The Bertz CT molecular complexity index is 121. The van der Waals surface area contributed by atoms with Crippen LogP contribution in [0.25, 0.3) is 0 Å². The molecule has 0 bridgehead atoms. The fourth-order valence-electron chi connectivity index (χ4n) is 0.309. The summed E-state index contributed by atoms with van der Waals surface area (Å²) in [5.74, 6) is -1.71. The van der Waals surface area contributed by atoms with E-state index in [4.69, 9.17) is 25.5 Å². The fourth-order valence-corrected chi connectivity index (χ4v) is 0.309. The van der Waals surface area contributed by atoms with Crippen molar-refractivity contribution >= 4 is 5.97 Å². The Morgan fingerprint density at radius 2 is 1.50 bits per heavy atom. The number of hydrogen-bond acceptors (Lipinski definition) is 5. The van der Waals surface area contributed by atoms with Crippen LogP contribution in [-0.2, 0) is 4.79 Å². The van der Waals surface area contributed by atoms with Gasteiger partial charge in [0.1, 0.15) is 6.10 Å². The van der Waals surface area contributed by atoms with Crippen LogP contribution < -0.4 is 0 Å². The Morgan fingerprint density at radius 1 is 1.10 bits per heavy atom. The van der Waals surface area contributed by atoms with E-state index in [0.29, 0.717) is 0 Å². The topological polar surface area (TPSA) is 118 Å². The molecule has 0 aliphatic carbocycles. The first-order valence-corrected chi connectivity index (χ1v) is 2.42. The lowest BCUT2D eigenvalue weighted by Crippen LogP contribution is -2.41. The molecule has 60 valence electrons. The molecule has 0 radical (unpaired) electrons. The van der Waals surface area contributed by atoms with Crippen LogP contribution in [0.4, 0.5) is 0 Å². The third kappa shape index (κ3) is 2.28. The van der Waals surface area contributed by atoms with Gasteiger partial charge in [0.05, 0.1) is 0 Å². The van der Waals surface area contributed by atoms with E-state index in [-0.39, 0.29) is 0 Å². The molecule has 0 aromatic heterocycles. The first-order valence-electron chi connectivity index (χ1n) is 2.42. The van der Waals surface area contributed by atoms with Gasteiger partial charge in [0, 0.05) is 0 Å². The summed E-state index contributed by atoms with van der Waals surface area (Å²) < 4.78 is 0. The zero-order valence-corrected chi connectivity index (χ0v) is 4.88. The summed E-state index contributed by atoms with van der Waals surface area (Å²) in [5.41, 5.74) is 0. The van der Waals surface area contributed by atoms with E-state index in [1.54, 1.807) is 0 Å². The van der Waals surface area contributed by atoms with Crippen LogP contribution >= 0.6 is 0 Å². The number of carboxylic acids is 1. The first kappa shape index (κ1) is 9.31. The summed E-state index contributed by atoms with van der Waals surface area (Å²) in [6.45, 7) is 0. The summed E-state index contributed by atoms with van der Waals surface area (Å²) in [4.78, 5) is 9.81. The van der Waals surface area contributed by atoms with Gasteiger partial charge in [0.15, 0.2) is 12.4 Å². The molecule has 0 aliphatic rings. The summed E-state index contributed by atoms with van der Waals surface area (Å²) >= 11 is 0. The highest BCUT2D eigenvalue weighted by Gasteiger charge is 2.28. The van der Waals surface area contributed by atoms with Crippen LogP contribution in [0.1, 0.15) is 0 Å². The molecule has 6 nitrogen and oxygen atoms in total. The SMILES string of the molecule is O=C(O)C(O)C(O)C(O)O. The quantitative estimate of drug-likeness (QED) is 0.277. The lowest BCUT2D eigenvalue weighted by atomic mass is 10.2. The molecule has 6 heteroatoms. The average Bonchev–Trinajstić information content (AvgIpc) is 1.84. The molecule has 0 aliphatic heterocycles. The molecule has 0 aromatic carbocycles. The van der Waals surface area contributed by atoms with Crippen LogP contribution in [0.15, 0.2) is 0 Å². The van der Waals surface area contributed by atoms with Gasteiger partial charge in [-0.3, -0.25) is 0 Å². The van der Waals surface area contributed by atoms with E-state index in [0.717, 1.165) is 0 Å². The molecule has 2 unspecified atom stereocenters. The Labute approximate surface area is 56.0 Å². The Kier molecular flexibility index (Phi) is 3.23. The van der Waals surface area contributed by atoms with Crippen molar-refractivity contribution in [3.63, 3.8) is 0 Å². The zero-order chi connectivity index (χ0) is 8.31. The molecule has 0 amide bonds. The Morgan fingerprint density at radius 3 is 1.60 bits per heavy atom. The van der Waals surface area contributed by atoms with Crippen molar-refractivity contribution in [2.45, 2.75) is 18.5 Å². The van der Waals surface area contributed by atoms with E-state index >= 15 is 0 Å². The number of aliphatic hydroxyl groups is 4. The maximum absolute atomic E-state index is 9.81. The van der Waals surface area contributed by atoms with Gasteiger partial charge in [0.2, 0.25) is 0 Å². The maximum Gasteiger partial charge on any atom is 0.335 e. The van der Waals surface area contributed by atoms with Gasteiger partial charge in [0.25, 0.3) is 0 Å². The standard InChI is InChI=1S/C4H8O6/c5-1(3(7)8)2(6)4(9)10/h1-3,5-8H,(H,9,10). The van der Waals surface area contributed by atoms with Gasteiger partial charge in [-0.05, 0) is 0 Å². The van der Waals surface area contributed by atoms with Crippen molar-refractivity contribution in [2.24, 2.45) is 0 Å². The van der Waals surface area contributed by atoms with Crippen LogP contribution in [-0.4, -0.2) is 50.0 Å². The molecule has 0 saturated heterocycles. The van der Waals surface area contributed by atoms with Crippen molar-refractivity contribution in [3.05, 3.63) is 0 Å². The molecule has 0 spiro atoms. The predicted molar refractivity (Wildman–Crippen MR) is 27.9 cm³/mol. The van der Waals surface area contributed by atoms with Gasteiger partial charge in [-0.1, -0.05) is 0 Å². The average molecular weight is 152 g/mol. The molecule has 0 rings (SSSR count). The van der Waals surface area contributed by atoms with E-state index < -0.39 is 24.5 Å². The summed E-state index contributed by atoms with van der Waals surface area (Å²) in [5, 5.41) is 41.0. The molecule has 0 fully saturated rings. The third-order valence-corrected chi connectivity index (χ3v) is 0.882. The maximum atomic E-state index is 9.81. The summed E-state index contributed by atoms with van der Waals surface area (Å²) in [6, 6.07) is 0. The highest BCUT2D eigenvalue weighted by atomic mass is 16.5. The molecular formula is C4H8O6. The van der Waals surface area contributed by atoms with Crippen LogP contribution in [0.5, 0.6) is 0 Å². The van der Waals surface area contributed by atoms with E-state index in [9.17, 15) is 4.79 Å². The second-order valence-electron chi connectivity index (χ2n) is 1.69. The number of carbonyl (C=O) groups is 1. The van der Waals surface area contributed by atoms with Crippen LogP contribution in [0, 0.1) is 0 Å². The third-order valence-electron chi connectivity index (χ3n) is 0.882. The lowest BCUT2D eigenvalue weighted by molar-refractivity contribution is -0.180. The Hall–Kier alpha value is -0.690. The molecule has 0 heterocycles. The van der Waals surface area contributed by atoms with E-state index in [1.165, 1.54) is 0 Å². The first-order chi connectivity index (χ1) is 4.46. The number of aliphatic carboxylic acids is 1. The van der Waals surface area contributed by atoms with E-state index in [2.05, 4.69) is 0 Å². The smallest absolute Gasteiger partial charge is 0.335 e. The number of aliphatic hydroxyl groups excluding tert-OH is 3. The predicted octanol–water partition coefficient (Wildman–Crippen LogP) is -2.90. The number of hydrogen-bond donors (Lipinski definition) is 5. The minimum Gasteiger partial charge on any atom is -0.479 e. The highest BCUT2D eigenvalue weighted by molar-refractivity contribution is 5.72. The van der Waals surface area contributed by atoms with Gasteiger partial charge >= 0.3 is 5.97 Å². The molecule has 0 aromatic rings. The van der Waals surface area contributed by atoms with Crippen molar-refractivity contribution in [2.75, 3.05) is 0 Å². The van der Waals surface area contributed by atoms with Gasteiger partial charge in [-0.2, -0.15) is 0 Å². The van der Waals surface area contributed by atoms with Crippen molar-refractivity contribution in [1.29, 1.82) is 0 Å². The van der Waals surface area contributed by atoms with Crippen LogP contribution in [0.3, 0.4) is 0 Å². The summed E-state index contributed by atoms with van der Waals surface area (Å²) in [7, 11) is 0. The van der Waals surface area contributed by atoms with Crippen molar-refractivity contribution in [1.82, 2.24) is 0 Å². The second-order valence-corrected chi connectivity index (χ2v) is 1.69. The molecule has 0 saturated carbocycles. The molecule has 2 atom stereocenters. The van der Waals surface area contributed by atoms with Crippen LogP contribution in [0.2, 0.25) is 0 Å². The van der Waals surface area contributed by atoms with Gasteiger partial charge in [-0.25, -0.2) is 4.79 Å².